The predicted octanol–water partition coefficient (Wildman–Crippen LogP) is 8.66. The summed E-state index contributed by atoms with van der Waals surface area (Å²) in [5, 5.41) is 0. The van der Waals surface area contributed by atoms with E-state index in [0.717, 1.165) is 0 Å². The molecular weight excluding hydrogens is 372 g/mol. The highest BCUT2D eigenvalue weighted by Crippen LogP contribution is 2.44. The molecule has 0 saturated carbocycles. The van der Waals surface area contributed by atoms with Gasteiger partial charge >= 0.3 is 0 Å². The Morgan fingerprint density at radius 3 is 1.26 bits per heavy atom. The van der Waals surface area contributed by atoms with Crippen molar-refractivity contribution in [3.63, 3.8) is 0 Å². The first kappa shape index (κ1) is 19.1. The first-order chi connectivity index (χ1) is 15.3. The molecule has 0 fully saturated rings. The zero-order valence-corrected chi connectivity index (χ0v) is 17.6. The third-order valence-electron chi connectivity index (χ3n) is 5.83. The third-order valence-corrected chi connectivity index (χ3v) is 5.83. The molecule has 0 spiro atoms. The Morgan fingerprint density at radius 2 is 0.774 bits per heavy atom. The Kier molecular flexibility index (Phi) is 5.21. The Hall–Kier alpha value is -3.90. The van der Waals surface area contributed by atoms with Gasteiger partial charge in [0.25, 0.3) is 0 Å². The van der Waals surface area contributed by atoms with E-state index in [0.29, 0.717) is 0 Å². The maximum Gasteiger partial charge on any atom is -0.00237 e. The lowest BCUT2D eigenvalue weighted by molar-refractivity contribution is 1.45. The van der Waals surface area contributed by atoms with Gasteiger partial charge in [0.05, 0.1) is 0 Å². The molecule has 5 rings (SSSR count). The third kappa shape index (κ3) is 3.81. The SMILES string of the molecule is Cc1ccccc1-c1c(-c2ccccc2)cc(-c2ccccc2)cc1-c1ccccc1. The summed E-state index contributed by atoms with van der Waals surface area (Å²) in [5.41, 5.74) is 11.3. The highest BCUT2D eigenvalue weighted by molar-refractivity contribution is 5.98. The topological polar surface area (TPSA) is 0 Å². The standard InChI is InChI=1S/C31H24/c1-23-13-11-12-20-28(23)31-29(25-16-7-3-8-17-25)21-27(24-14-5-2-6-15-24)22-30(31)26-18-9-4-10-19-26/h2-22H,1H3. The number of benzene rings is 5. The van der Waals surface area contributed by atoms with Gasteiger partial charge in [-0.2, -0.15) is 0 Å². The van der Waals surface area contributed by atoms with E-state index in [1.807, 2.05) is 0 Å². The van der Waals surface area contributed by atoms with Crippen LogP contribution in [-0.4, -0.2) is 0 Å². The highest BCUT2D eigenvalue weighted by Gasteiger charge is 2.17. The summed E-state index contributed by atoms with van der Waals surface area (Å²) in [7, 11) is 0. The average Bonchev–Trinajstić information content (AvgIpc) is 2.85. The number of hydrogen-bond acceptors (Lipinski definition) is 0. The molecule has 5 aromatic rings. The maximum atomic E-state index is 2.35. The summed E-state index contributed by atoms with van der Waals surface area (Å²) in [4.78, 5) is 0. The van der Waals surface area contributed by atoms with Crippen molar-refractivity contribution in [3.8, 4) is 44.5 Å². The summed E-state index contributed by atoms with van der Waals surface area (Å²) in [6.07, 6.45) is 0. The van der Waals surface area contributed by atoms with Crippen LogP contribution in [0.5, 0.6) is 0 Å². The van der Waals surface area contributed by atoms with Crippen LogP contribution in [0.15, 0.2) is 127 Å². The summed E-state index contributed by atoms with van der Waals surface area (Å²) in [5.74, 6) is 0. The Bertz CT molecular complexity index is 1240. The molecule has 0 aliphatic rings. The molecule has 0 amide bonds. The van der Waals surface area contributed by atoms with Crippen LogP contribution in [0.3, 0.4) is 0 Å². The minimum Gasteiger partial charge on any atom is -0.0622 e. The second-order valence-corrected chi connectivity index (χ2v) is 7.86. The molecule has 0 radical (unpaired) electrons. The van der Waals surface area contributed by atoms with Crippen molar-refractivity contribution in [3.05, 3.63) is 133 Å². The van der Waals surface area contributed by atoms with Crippen molar-refractivity contribution < 1.29 is 0 Å². The minimum absolute atomic E-state index is 1.23. The van der Waals surface area contributed by atoms with E-state index in [4.69, 9.17) is 0 Å². The van der Waals surface area contributed by atoms with Crippen molar-refractivity contribution in [1.82, 2.24) is 0 Å². The van der Waals surface area contributed by atoms with Gasteiger partial charge in [-0.1, -0.05) is 115 Å². The lowest BCUT2D eigenvalue weighted by Crippen LogP contribution is -1.94. The van der Waals surface area contributed by atoms with E-state index >= 15 is 0 Å². The van der Waals surface area contributed by atoms with E-state index < -0.39 is 0 Å². The fraction of sp³-hybridized carbons (Fsp3) is 0.0323. The summed E-state index contributed by atoms with van der Waals surface area (Å²) in [6, 6.07) is 45.5. The van der Waals surface area contributed by atoms with Gasteiger partial charge in [-0.25, -0.2) is 0 Å². The van der Waals surface area contributed by atoms with Crippen LogP contribution in [0.1, 0.15) is 5.56 Å². The van der Waals surface area contributed by atoms with Crippen molar-refractivity contribution in [2.45, 2.75) is 6.92 Å². The molecule has 0 aliphatic carbocycles. The van der Waals surface area contributed by atoms with E-state index in [-0.39, 0.29) is 0 Å². The molecule has 0 N–H and O–H groups in total. The summed E-state index contributed by atoms with van der Waals surface area (Å²) < 4.78 is 0. The van der Waals surface area contributed by atoms with E-state index in [1.54, 1.807) is 0 Å². The molecule has 0 bridgehead atoms. The van der Waals surface area contributed by atoms with Crippen molar-refractivity contribution in [1.29, 1.82) is 0 Å². The van der Waals surface area contributed by atoms with Gasteiger partial charge in [-0.05, 0) is 69.1 Å². The van der Waals surface area contributed by atoms with Gasteiger partial charge in [-0.15, -0.1) is 0 Å². The Balaban J connectivity index is 1.90. The van der Waals surface area contributed by atoms with E-state index in [2.05, 4.69) is 134 Å². The summed E-state index contributed by atoms with van der Waals surface area (Å²) in [6.45, 7) is 2.20. The zero-order valence-electron chi connectivity index (χ0n) is 17.6. The molecule has 148 valence electrons. The number of hydrogen-bond donors (Lipinski definition) is 0. The molecular formula is C31H24. The fourth-order valence-electron chi connectivity index (χ4n) is 4.27. The molecule has 0 heteroatoms. The largest absolute Gasteiger partial charge is 0.0622 e. The average molecular weight is 397 g/mol. The zero-order chi connectivity index (χ0) is 21.0. The van der Waals surface area contributed by atoms with Crippen LogP contribution in [0.25, 0.3) is 44.5 Å². The first-order valence-electron chi connectivity index (χ1n) is 10.7. The van der Waals surface area contributed by atoms with Gasteiger partial charge in [-0.3, -0.25) is 0 Å². The minimum atomic E-state index is 1.23. The first-order valence-corrected chi connectivity index (χ1v) is 10.7. The lowest BCUT2D eigenvalue weighted by Gasteiger charge is -2.20. The van der Waals surface area contributed by atoms with Crippen LogP contribution in [0.2, 0.25) is 0 Å². The second-order valence-electron chi connectivity index (χ2n) is 7.86. The van der Waals surface area contributed by atoms with E-state index in [1.165, 1.54) is 50.1 Å². The van der Waals surface area contributed by atoms with Crippen molar-refractivity contribution in [2.24, 2.45) is 0 Å². The molecule has 31 heavy (non-hydrogen) atoms. The lowest BCUT2D eigenvalue weighted by atomic mass is 9.83. The van der Waals surface area contributed by atoms with Gasteiger partial charge in [0.2, 0.25) is 0 Å². The van der Waals surface area contributed by atoms with E-state index in [9.17, 15) is 0 Å². The quantitative estimate of drug-likeness (QED) is 0.285. The normalized spacial score (nSPS) is 10.7. The molecule has 0 atom stereocenters. The van der Waals surface area contributed by atoms with Gasteiger partial charge in [0.1, 0.15) is 0 Å². The predicted molar refractivity (Wildman–Crippen MR) is 133 cm³/mol. The molecule has 0 aliphatic heterocycles. The molecule has 0 saturated heterocycles. The Labute approximate surface area is 184 Å². The molecule has 5 aromatic carbocycles. The van der Waals surface area contributed by atoms with Crippen molar-refractivity contribution >= 4 is 0 Å². The van der Waals surface area contributed by atoms with Crippen LogP contribution in [-0.2, 0) is 0 Å². The fourth-order valence-corrected chi connectivity index (χ4v) is 4.27. The molecule has 0 aromatic heterocycles. The highest BCUT2D eigenvalue weighted by atomic mass is 14.2. The van der Waals surface area contributed by atoms with Crippen LogP contribution < -0.4 is 0 Å². The summed E-state index contributed by atoms with van der Waals surface area (Å²) >= 11 is 0. The second kappa shape index (κ2) is 8.45. The van der Waals surface area contributed by atoms with Gasteiger partial charge in [0.15, 0.2) is 0 Å². The molecule has 0 heterocycles. The molecule has 0 unspecified atom stereocenters. The van der Waals surface area contributed by atoms with Crippen LogP contribution in [0, 0.1) is 6.92 Å². The van der Waals surface area contributed by atoms with Gasteiger partial charge < -0.3 is 0 Å². The number of aryl methyl sites for hydroxylation is 1. The Morgan fingerprint density at radius 1 is 0.355 bits per heavy atom. The smallest absolute Gasteiger partial charge is 0.00237 e. The van der Waals surface area contributed by atoms with Gasteiger partial charge in [0, 0.05) is 0 Å². The van der Waals surface area contributed by atoms with Crippen LogP contribution >= 0.6 is 0 Å². The van der Waals surface area contributed by atoms with Crippen LogP contribution in [0.4, 0.5) is 0 Å². The molecule has 0 nitrogen and oxygen atoms in total. The monoisotopic (exact) mass is 396 g/mol. The van der Waals surface area contributed by atoms with Crippen molar-refractivity contribution in [2.75, 3.05) is 0 Å². The maximum absolute atomic E-state index is 2.35. The number of rotatable bonds is 4.